The van der Waals surface area contributed by atoms with Crippen LogP contribution in [0.4, 0.5) is 4.79 Å². The number of carbonyl (C=O) groups excluding carboxylic acids is 1. The van der Waals surface area contributed by atoms with Gasteiger partial charge in [0.1, 0.15) is 0 Å². The van der Waals surface area contributed by atoms with E-state index in [2.05, 4.69) is 34.9 Å². The van der Waals surface area contributed by atoms with Crippen LogP contribution >= 0.6 is 0 Å². The van der Waals surface area contributed by atoms with Crippen molar-refractivity contribution in [3.05, 3.63) is 35.9 Å². The van der Waals surface area contributed by atoms with E-state index in [4.69, 9.17) is 5.11 Å². The molecule has 1 saturated carbocycles. The van der Waals surface area contributed by atoms with E-state index in [1.54, 1.807) is 6.92 Å². The minimum atomic E-state index is -0.207. The summed E-state index contributed by atoms with van der Waals surface area (Å²) in [5, 5.41) is 14.6. The molecule has 1 aromatic rings. The van der Waals surface area contributed by atoms with E-state index in [1.165, 1.54) is 12.0 Å². The zero-order chi connectivity index (χ0) is 14.4. The Morgan fingerprint density at radius 3 is 2.60 bits per heavy atom. The molecule has 0 saturated heterocycles. The van der Waals surface area contributed by atoms with Crippen molar-refractivity contribution in [2.24, 2.45) is 5.41 Å². The second kappa shape index (κ2) is 6.75. The van der Waals surface area contributed by atoms with Gasteiger partial charge in [-0.3, -0.25) is 0 Å². The van der Waals surface area contributed by atoms with Gasteiger partial charge in [-0.2, -0.15) is 0 Å². The highest BCUT2D eigenvalue weighted by Gasteiger charge is 2.37. The maximum Gasteiger partial charge on any atom is 0.315 e. The normalized spacial score (nSPS) is 17.9. The summed E-state index contributed by atoms with van der Waals surface area (Å²) in [6.07, 6.45) is 4.59. The first-order valence-corrected chi connectivity index (χ1v) is 7.33. The summed E-state index contributed by atoms with van der Waals surface area (Å²) >= 11 is 0. The SMILES string of the molecule is C[C@H](CO)NC(=O)NCC1(Cc2ccccc2)CCC1. The van der Waals surface area contributed by atoms with Crippen molar-refractivity contribution in [2.75, 3.05) is 13.2 Å². The Balaban J connectivity index is 1.84. The van der Waals surface area contributed by atoms with Crippen molar-refractivity contribution >= 4 is 6.03 Å². The second-order valence-electron chi connectivity index (χ2n) is 5.93. The Morgan fingerprint density at radius 1 is 1.35 bits per heavy atom. The van der Waals surface area contributed by atoms with E-state index in [1.807, 2.05) is 6.07 Å². The molecule has 0 heterocycles. The van der Waals surface area contributed by atoms with Gasteiger partial charge in [-0.25, -0.2) is 4.79 Å². The van der Waals surface area contributed by atoms with E-state index in [-0.39, 0.29) is 24.1 Å². The molecule has 2 amide bonds. The quantitative estimate of drug-likeness (QED) is 0.745. The lowest BCUT2D eigenvalue weighted by Gasteiger charge is -2.42. The van der Waals surface area contributed by atoms with Gasteiger partial charge in [0.05, 0.1) is 12.6 Å². The van der Waals surface area contributed by atoms with Gasteiger partial charge in [-0.15, -0.1) is 0 Å². The number of aliphatic hydroxyl groups excluding tert-OH is 1. The minimum Gasteiger partial charge on any atom is -0.394 e. The molecular formula is C16H24N2O2. The Hall–Kier alpha value is -1.55. The van der Waals surface area contributed by atoms with Crippen LogP contribution < -0.4 is 10.6 Å². The maximum atomic E-state index is 11.7. The molecule has 0 bridgehead atoms. The van der Waals surface area contributed by atoms with Crippen LogP contribution in [0.2, 0.25) is 0 Å². The lowest BCUT2D eigenvalue weighted by atomic mass is 9.65. The van der Waals surface area contributed by atoms with Gasteiger partial charge in [0, 0.05) is 6.54 Å². The number of amides is 2. The Morgan fingerprint density at radius 2 is 2.05 bits per heavy atom. The lowest BCUT2D eigenvalue weighted by Crippen LogP contribution is -2.49. The molecule has 4 heteroatoms. The van der Waals surface area contributed by atoms with Gasteiger partial charge in [0.25, 0.3) is 0 Å². The predicted octanol–water partition coefficient (Wildman–Crippen LogP) is 2.08. The van der Waals surface area contributed by atoms with Crippen LogP contribution in [-0.2, 0) is 6.42 Å². The summed E-state index contributed by atoms with van der Waals surface area (Å²) in [5.74, 6) is 0. The number of rotatable bonds is 6. The molecular weight excluding hydrogens is 252 g/mol. The van der Waals surface area contributed by atoms with Crippen LogP contribution in [0, 0.1) is 5.41 Å². The first kappa shape index (κ1) is 14.9. The van der Waals surface area contributed by atoms with E-state index < -0.39 is 0 Å². The van der Waals surface area contributed by atoms with Crippen molar-refractivity contribution in [1.82, 2.24) is 10.6 Å². The first-order chi connectivity index (χ1) is 9.63. The number of benzene rings is 1. The molecule has 0 radical (unpaired) electrons. The highest BCUT2D eigenvalue weighted by Crippen LogP contribution is 2.43. The number of nitrogens with one attached hydrogen (secondary N) is 2. The van der Waals surface area contributed by atoms with Crippen molar-refractivity contribution in [1.29, 1.82) is 0 Å². The molecule has 1 aliphatic rings. The summed E-state index contributed by atoms with van der Waals surface area (Å²) in [4.78, 5) is 11.7. The van der Waals surface area contributed by atoms with Crippen molar-refractivity contribution < 1.29 is 9.90 Å². The molecule has 2 rings (SSSR count). The van der Waals surface area contributed by atoms with Gasteiger partial charge in [0.15, 0.2) is 0 Å². The molecule has 0 spiro atoms. The average molecular weight is 276 g/mol. The van der Waals surface area contributed by atoms with Gasteiger partial charge >= 0.3 is 6.03 Å². The zero-order valence-electron chi connectivity index (χ0n) is 12.1. The standard InChI is InChI=1S/C16H24N2O2/c1-13(11-19)18-15(20)17-12-16(8-5-9-16)10-14-6-3-2-4-7-14/h2-4,6-7,13,19H,5,8-12H2,1H3,(H2,17,18,20)/t13-/m1/s1. The van der Waals surface area contributed by atoms with E-state index in [0.717, 1.165) is 19.3 Å². The fourth-order valence-corrected chi connectivity index (χ4v) is 2.71. The van der Waals surface area contributed by atoms with E-state index in [9.17, 15) is 4.79 Å². The van der Waals surface area contributed by atoms with Crippen LogP contribution in [0.25, 0.3) is 0 Å². The summed E-state index contributed by atoms with van der Waals surface area (Å²) in [6, 6.07) is 10.0. The van der Waals surface area contributed by atoms with Gasteiger partial charge in [-0.1, -0.05) is 36.8 Å². The van der Waals surface area contributed by atoms with E-state index >= 15 is 0 Å². The van der Waals surface area contributed by atoms with E-state index in [0.29, 0.717) is 6.54 Å². The van der Waals surface area contributed by atoms with Crippen molar-refractivity contribution in [3.63, 3.8) is 0 Å². The molecule has 1 fully saturated rings. The number of aliphatic hydroxyl groups is 1. The molecule has 3 N–H and O–H groups in total. The fourth-order valence-electron chi connectivity index (χ4n) is 2.71. The topological polar surface area (TPSA) is 61.4 Å². The number of hydrogen-bond acceptors (Lipinski definition) is 2. The van der Waals surface area contributed by atoms with Crippen LogP contribution in [-0.4, -0.2) is 30.3 Å². The van der Waals surface area contributed by atoms with Gasteiger partial charge in [-0.05, 0) is 37.2 Å². The number of urea groups is 1. The fraction of sp³-hybridized carbons (Fsp3) is 0.562. The molecule has 110 valence electrons. The Kier molecular flexibility index (Phi) is 5.01. The first-order valence-electron chi connectivity index (χ1n) is 7.33. The molecule has 4 nitrogen and oxygen atoms in total. The van der Waals surface area contributed by atoms with Gasteiger partial charge in [0.2, 0.25) is 0 Å². The highest BCUT2D eigenvalue weighted by atomic mass is 16.3. The third kappa shape index (κ3) is 3.97. The van der Waals surface area contributed by atoms with Crippen LogP contribution in [0.1, 0.15) is 31.7 Å². The van der Waals surface area contributed by atoms with Crippen LogP contribution in [0.3, 0.4) is 0 Å². The molecule has 1 aromatic carbocycles. The molecule has 0 unspecified atom stereocenters. The third-order valence-electron chi connectivity index (χ3n) is 4.11. The number of hydrogen-bond donors (Lipinski definition) is 3. The van der Waals surface area contributed by atoms with Gasteiger partial charge < -0.3 is 15.7 Å². The molecule has 0 aromatic heterocycles. The third-order valence-corrected chi connectivity index (χ3v) is 4.11. The van der Waals surface area contributed by atoms with Crippen molar-refractivity contribution in [2.45, 2.75) is 38.6 Å². The lowest BCUT2D eigenvalue weighted by molar-refractivity contribution is 0.131. The predicted molar refractivity (Wildman–Crippen MR) is 79.5 cm³/mol. The van der Waals surface area contributed by atoms with Crippen LogP contribution in [0.5, 0.6) is 0 Å². The van der Waals surface area contributed by atoms with Crippen LogP contribution in [0.15, 0.2) is 30.3 Å². The zero-order valence-corrected chi connectivity index (χ0v) is 12.1. The Labute approximate surface area is 120 Å². The second-order valence-corrected chi connectivity index (χ2v) is 5.93. The molecule has 0 aliphatic heterocycles. The monoisotopic (exact) mass is 276 g/mol. The van der Waals surface area contributed by atoms with Crippen molar-refractivity contribution in [3.8, 4) is 0 Å². The molecule has 20 heavy (non-hydrogen) atoms. The minimum absolute atomic E-state index is 0.0391. The summed E-state index contributed by atoms with van der Waals surface area (Å²) in [6.45, 7) is 2.44. The summed E-state index contributed by atoms with van der Waals surface area (Å²) in [5.41, 5.74) is 1.54. The Bertz CT molecular complexity index is 429. The summed E-state index contributed by atoms with van der Waals surface area (Å²) < 4.78 is 0. The highest BCUT2D eigenvalue weighted by molar-refractivity contribution is 5.74. The average Bonchev–Trinajstić information content (AvgIpc) is 2.42. The number of carbonyl (C=O) groups is 1. The molecule has 1 atom stereocenters. The largest absolute Gasteiger partial charge is 0.394 e. The molecule has 1 aliphatic carbocycles. The maximum absolute atomic E-state index is 11.7. The smallest absolute Gasteiger partial charge is 0.315 e. The summed E-state index contributed by atoms with van der Waals surface area (Å²) in [7, 11) is 0.